The van der Waals surface area contributed by atoms with Crippen LogP contribution in [-0.4, -0.2) is 41.3 Å². The molecule has 0 unspecified atom stereocenters. The number of morpholine rings is 1. The number of fused-ring (bicyclic) bond motifs is 1. The fourth-order valence-electron chi connectivity index (χ4n) is 3.61. The third-order valence-electron chi connectivity index (χ3n) is 5.26. The summed E-state index contributed by atoms with van der Waals surface area (Å²) in [6.07, 6.45) is 3.20. The molecule has 0 saturated carbocycles. The molecule has 4 aromatic rings. The number of ether oxygens (including phenoxy) is 1. The number of benzene rings is 2. The Balaban J connectivity index is 1.44. The highest BCUT2D eigenvalue weighted by molar-refractivity contribution is 5.93. The predicted molar refractivity (Wildman–Crippen MR) is 115 cm³/mol. The van der Waals surface area contributed by atoms with E-state index < -0.39 is 11.6 Å². The van der Waals surface area contributed by atoms with Gasteiger partial charge in [-0.3, -0.25) is 0 Å². The monoisotopic (exact) mass is 419 g/mol. The Kier molecular flexibility index (Phi) is 5.13. The van der Waals surface area contributed by atoms with Crippen molar-refractivity contribution in [3.63, 3.8) is 0 Å². The zero-order chi connectivity index (χ0) is 21.2. The van der Waals surface area contributed by atoms with E-state index in [1.165, 1.54) is 24.5 Å². The minimum Gasteiger partial charge on any atom is -0.378 e. The molecule has 6 nitrogen and oxygen atoms in total. The van der Waals surface area contributed by atoms with Crippen molar-refractivity contribution in [2.45, 2.75) is 0 Å². The number of hydrogen-bond donors (Lipinski definition) is 1. The zero-order valence-corrected chi connectivity index (χ0v) is 16.6. The molecule has 8 heteroatoms. The van der Waals surface area contributed by atoms with Crippen LogP contribution in [0.15, 0.2) is 61.1 Å². The first-order valence-electron chi connectivity index (χ1n) is 9.94. The average molecular weight is 419 g/mol. The number of hydrogen-bond acceptors (Lipinski definition) is 6. The molecule has 1 N–H and O–H groups in total. The molecule has 2 aromatic heterocycles. The summed E-state index contributed by atoms with van der Waals surface area (Å²) in [7, 11) is 0. The second-order valence-corrected chi connectivity index (χ2v) is 7.18. The molecular weight excluding hydrogens is 400 g/mol. The van der Waals surface area contributed by atoms with Crippen LogP contribution in [0.4, 0.5) is 26.1 Å². The van der Waals surface area contributed by atoms with Gasteiger partial charge in [-0.2, -0.15) is 0 Å². The number of para-hydroxylation sites is 1. The standard InChI is InChI=1S/C23H19F2N5O/c24-18-2-1-3-19(25)22(18)29-23-17-6-4-15(12-20(17)27-14-28-23)16-5-7-21(26-13-16)30-8-10-31-11-9-30/h1-7,12-14H,8-11H2,(H,27,28,29). The zero-order valence-electron chi connectivity index (χ0n) is 16.6. The van der Waals surface area contributed by atoms with Gasteiger partial charge in [-0.1, -0.05) is 12.1 Å². The van der Waals surface area contributed by atoms with E-state index in [9.17, 15) is 8.78 Å². The van der Waals surface area contributed by atoms with Gasteiger partial charge < -0.3 is 15.0 Å². The first kappa shape index (κ1) is 19.3. The van der Waals surface area contributed by atoms with E-state index in [-0.39, 0.29) is 5.69 Å². The van der Waals surface area contributed by atoms with Gasteiger partial charge in [0.25, 0.3) is 0 Å². The molecule has 0 radical (unpaired) electrons. The quantitative estimate of drug-likeness (QED) is 0.524. The van der Waals surface area contributed by atoms with Crippen molar-refractivity contribution in [1.82, 2.24) is 15.0 Å². The van der Waals surface area contributed by atoms with E-state index in [1.54, 1.807) is 0 Å². The average Bonchev–Trinajstić information content (AvgIpc) is 2.82. The van der Waals surface area contributed by atoms with Crippen molar-refractivity contribution in [3.8, 4) is 11.1 Å². The molecule has 0 spiro atoms. The summed E-state index contributed by atoms with van der Waals surface area (Å²) in [6.45, 7) is 3.08. The van der Waals surface area contributed by atoms with Gasteiger partial charge >= 0.3 is 0 Å². The lowest BCUT2D eigenvalue weighted by Gasteiger charge is -2.27. The highest BCUT2D eigenvalue weighted by atomic mass is 19.1. The summed E-state index contributed by atoms with van der Waals surface area (Å²) in [5.41, 5.74) is 2.31. The highest BCUT2D eigenvalue weighted by Gasteiger charge is 2.14. The first-order valence-corrected chi connectivity index (χ1v) is 9.94. The van der Waals surface area contributed by atoms with Crippen LogP contribution in [0.5, 0.6) is 0 Å². The van der Waals surface area contributed by atoms with Gasteiger partial charge in [-0.05, 0) is 42.0 Å². The largest absolute Gasteiger partial charge is 0.378 e. The van der Waals surface area contributed by atoms with Crippen LogP contribution >= 0.6 is 0 Å². The van der Waals surface area contributed by atoms with Gasteiger partial charge in [-0.25, -0.2) is 23.7 Å². The minimum atomic E-state index is -0.685. The summed E-state index contributed by atoms with van der Waals surface area (Å²) in [5.74, 6) is -0.112. The number of anilines is 3. The van der Waals surface area contributed by atoms with Crippen molar-refractivity contribution in [2.24, 2.45) is 0 Å². The molecule has 3 heterocycles. The van der Waals surface area contributed by atoms with E-state index in [0.717, 1.165) is 30.0 Å². The maximum Gasteiger partial charge on any atom is 0.149 e. The molecule has 0 bridgehead atoms. The number of nitrogens with zero attached hydrogens (tertiary/aromatic N) is 4. The summed E-state index contributed by atoms with van der Waals surface area (Å²) >= 11 is 0. The van der Waals surface area contributed by atoms with Crippen LogP contribution in [-0.2, 0) is 4.74 Å². The third-order valence-corrected chi connectivity index (χ3v) is 5.26. The summed E-state index contributed by atoms with van der Waals surface area (Å²) < 4.78 is 33.4. The summed E-state index contributed by atoms with van der Waals surface area (Å²) in [4.78, 5) is 15.3. The Morgan fingerprint density at radius 1 is 0.871 bits per heavy atom. The lowest BCUT2D eigenvalue weighted by atomic mass is 10.1. The van der Waals surface area contributed by atoms with Crippen LogP contribution in [0.2, 0.25) is 0 Å². The second kappa shape index (κ2) is 8.23. The van der Waals surface area contributed by atoms with Gasteiger partial charge in [0, 0.05) is 30.2 Å². The normalized spacial score (nSPS) is 14.1. The van der Waals surface area contributed by atoms with Gasteiger partial charge in [0.2, 0.25) is 0 Å². The fraction of sp³-hybridized carbons (Fsp3) is 0.174. The first-order chi connectivity index (χ1) is 15.2. The van der Waals surface area contributed by atoms with Crippen molar-refractivity contribution < 1.29 is 13.5 Å². The Labute approximate surface area is 177 Å². The molecule has 1 aliphatic rings. The molecule has 0 aliphatic carbocycles. The van der Waals surface area contributed by atoms with Crippen molar-refractivity contribution in [2.75, 3.05) is 36.5 Å². The van der Waals surface area contributed by atoms with E-state index in [4.69, 9.17) is 4.74 Å². The SMILES string of the molecule is Fc1cccc(F)c1Nc1ncnc2cc(-c3ccc(N4CCOCC4)nc3)ccc12. The summed E-state index contributed by atoms with van der Waals surface area (Å²) in [6, 6.07) is 13.4. The molecule has 0 amide bonds. The maximum absolute atomic E-state index is 14.0. The molecule has 1 aliphatic heterocycles. The number of halogens is 2. The van der Waals surface area contributed by atoms with Crippen LogP contribution in [0.3, 0.4) is 0 Å². The Hall–Kier alpha value is -3.65. The fourth-order valence-corrected chi connectivity index (χ4v) is 3.61. The molecule has 2 aromatic carbocycles. The minimum absolute atomic E-state index is 0.241. The molecule has 5 rings (SSSR count). The summed E-state index contributed by atoms with van der Waals surface area (Å²) in [5, 5.41) is 3.42. The molecule has 0 atom stereocenters. The molecule has 156 valence electrons. The van der Waals surface area contributed by atoms with Crippen molar-refractivity contribution in [1.29, 1.82) is 0 Å². The lowest BCUT2D eigenvalue weighted by molar-refractivity contribution is 0.122. The molecule has 1 saturated heterocycles. The van der Waals surface area contributed by atoms with E-state index in [1.807, 2.05) is 36.5 Å². The van der Waals surface area contributed by atoms with Gasteiger partial charge in [0.1, 0.15) is 35.3 Å². The Bertz CT molecular complexity index is 1210. The highest BCUT2D eigenvalue weighted by Crippen LogP contribution is 2.30. The van der Waals surface area contributed by atoms with Crippen LogP contribution in [0.25, 0.3) is 22.0 Å². The number of rotatable bonds is 4. The van der Waals surface area contributed by atoms with Crippen LogP contribution in [0, 0.1) is 11.6 Å². The third kappa shape index (κ3) is 3.89. The van der Waals surface area contributed by atoms with E-state index in [0.29, 0.717) is 29.9 Å². The van der Waals surface area contributed by atoms with E-state index >= 15 is 0 Å². The second-order valence-electron chi connectivity index (χ2n) is 7.18. The van der Waals surface area contributed by atoms with Gasteiger partial charge in [-0.15, -0.1) is 0 Å². The smallest absolute Gasteiger partial charge is 0.149 e. The van der Waals surface area contributed by atoms with Crippen LogP contribution in [0.1, 0.15) is 0 Å². The molecule has 31 heavy (non-hydrogen) atoms. The molecule has 1 fully saturated rings. The van der Waals surface area contributed by atoms with Crippen molar-refractivity contribution >= 4 is 28.2 Å². The Morgan fingerprint density at radius 2 is 1.65 bits per heavy atom. The Morgan fingerprint density at radius 3 is 2.39 bits per heavy atom. The predicted octanol–water partition coefficient (Wildman–Crippen LogP) is 4.55. The topological polar surface area (TPSA) is 63.2 Å². The molecular formula is C23H19F2N5O. The maximum atomic E-state index is 14.0. The van der Waals surface area contributed by atoms with Crippen LogP contribution < -0.4 is 10.2 Å². The van der Waals surface area contributed by atoms with Gasteiger partial charge in [0.15, 0.2) is 0 Å². The van der Waals surface area contributed by atoms with E-state index in [2.05, 4.69) is 25.2 Å². The number of pyridine rings is 1. The van der Waals surface area contributed by atoms with Gasteiger partial charge in [0.05, 0.1) is 18.7 Å². The lowest BCUT2D eigenvalue weighted by Crippen LogP contribution is -2.36. The number of nitrogens with one attached hydrogen (secondary N) is 1. The number of aromatic nitrogens is 3. The van der Waals surface area contributed by atoms with Crippen molar-refractivity contribution in [3.05, 3.63) is 72.7 Å².